The molecular formula is C38H20N2S2. The van der Waals surface area contributed by atoms with Crippen molar-refractivity contribution in [2.75, 3.05) is 0 Å². The van der Waals surface area contributed by atoms with Crippen molar-refractivity contribution in [3.8, 4) is 45.5 Å². The molecule has 2 aromatic heterocycles. The van der Waals surface area contributed by atoms with Crippen molar-refractivity contribution in [3.63, 3.8) is 0 Å². The molecule has 0 N–H and O–H groups in total. The monoisotopic (exact) mass is 568 g/mol. The maximum absolute atomic E-state index is 10.8. The van der Waals surface area contributed by atoms with Gasteiger partial charge in [-0.3, -0.25) is 0 Å². The predicted octanol–water partition coefficient (Wildman–Crippen LogP) is 11.2. The molecule has 0 fully saturated rings. The summed E-state index contributed by atoms with van der Waals surface area (Å²) in [6, 6.07) is 46.7. The molecule has 0 bridgehead atoms. The Morgan fingerprint density at radius 1 is 0.429 bits per heavy atom. The summed E-state index contributed by atoms with van der Waals surface area (Å²) >= 11 is 3.56. The van der Waals surface area contributed by atoms with Gasteiger partial charge in [0, 0.05) is 51.5 Å². The largest absolute Gasteiger partial charge is 0.192 e. The quantitative estimate of drug-likeness (QED) is 0.213. The van der Waals surface area contributed by atoms with E-state index in [1.165, 1.54) is 40.3 Å². The molecule has 8 rings (SSSR count). The highest BCUT2D eigenvalue weighted by molar-refractivity contribution is 7.26. The number of rotatable bonds is 3. The summed E-state index contributed by atoms with van der Waals surface area (Å²) in [7, 11) is 0. The first-order valence-corrected chi connectivity index (χ1v) is 15.3. The van der Waals surface area contributed by atoms with Gasteiger partial charge in [0.1, 0.15) is 6.07 Å². The van der Waals surface area contributed by atoms with Crippen LogP contribution in [-0.4, -0.2) is 0 Å². The molecule has 42 heavy (non-hydrogen) atoms. The maximum Gasteiger partial charge on any atom is 0.100 e. The lowest BCUT2D eigenvalue weighted by atomic mass is 9.86. The van der Waals surface area contributed by atoms with E-state index in [0.717, 1.165) is 33.4 Å². The van der Waals surface area contributed by atoms with Crippen molar-refractivity contribution in [2.24, 2.45) is 0 Å². The van der Waals surface area contributed by atoms with Crippen LogP contribution < -0.4 is 0 Å². The molecule has 0 aliphatic rings. The van der Waals surface area contributed by atoms with Crippen molar-refractivity contribution in [3.05, 3.63) is 132 Å². The van der Waals surface area contributed by atoms with Crippen LogP contribution >= 0.6 is 22.7 Å². The Kier molecular flexibility index (Phi) is 5.66. The number of hydrogen-bond acceptors (Lipinski definition) is 4. The molecule has 2 heterocycles. The third-order valence-electron chi connectivity index (χ3n) is 7.96. The third-order valence-corrected chi connectivity index (χ3v) is 10.2. The summed E-state index contributed by atoms with van der Waals surface area (Å²) < 4.78 is 4.91. The van der Waals surface area contributed by atoms with Crippen molar-refractivity contribution in [1.82, 2.24) is 0 Å². The molecule has 0 saturated carbocycles. The Bertz CT molecular complexity index is 2450. The summed E-state index contributed by atoms with van der Waals surface area (Å²) in [6.07, 6.45) is 0. The SMILES string of the molecule is N#Cc1cccc(-c2cc(-c3ccc4sc5ccccc5c4c3)c(C#N)c(-c3cccc4sc5ccccc5c34)c2)c1. The molecule has 0 radical (unpaired) electrons. The summed E-state index contributed by atoms with van der Waals surface area (Å²) in [5, 5.41) is 25.2. The van der Waals surface area contributed by atoms with Gasteiger partial charge in [0.15, 0.2) is 0 Å². The molecule has 0 aliphatic carbocycles. The zero-order valence-electron chi connectivity index (χ0n) is 22.3. The van der Waals surface area contributed by atoms with Gasteiger partial charge in [0.05, 0.1) is 17.2 Å². The van der Waals surface area contributed by atoms with Crippen LogP contribution in [0.1, 0.15) is 11.1 Å². The zero-order valence-corrected chi connectivity index (χ0v) is 23.9. The summed E-state index contributed by atoms with van der Waals surface area (Å²) in [4.78, 5) is 0. The van der Waals surface area contributed by atoms with E-state index in [1.54, 1.807) is 22.7 Å². The zero-order chi connectivity index (χ0) is 28.2. The molecule has 6 aromatic carbocycles. The molecule has 0 spiro atoms. The minimum Gasteiger partial charge on any atom is -0.192 e. The molecule has 0 saturated heterocycles. The Hall–Kier alpha value is -5.26. The fourth-order valence-electron chi connectivity index (χ4n) is 6.03. The fourth-order valence-corrected chi connectivity index (χ4v) is 8.25. The lowest BCUT2D eigenvalue weighted by Gasteiger charge is -2.16. The highest BCUT2D eigenvalue weighted by atomic mass is 32.1. The van der Waals surface area contributed by atoms with Gasteiger partial charge in [-0.05, 0) is 76.9 Å². The van der Waals surface area contributed by atoms with E-state index in [4.69, 9.17) is 0 Å². The normalized spacial score (nSPS) is 11.3. The van der Waals surface area contributed by atoms with Crippen LogP contribution in [-0.2, 0) is 0 Å². The predicted molar refractivity (Wildman–Crippen MR) is 178 cm³/mol. The van der Waals surface area contributed by atoms with Crippen LogP contribution in [0, 0.1) is 22.7 Å². The van der Waals surface area contributed by atoms with Gasteiger partial charge in [-0.1, -0.05) is 66.7 Å². The van der Waals surface area contributed by atoms with E-state index in [2.05, 4.69) is 109 Å². The summed E-state index contributed by atoms with van der Waals surface area (Å²) in [6.45, 7) is 0. The first-order chi connectivity index (χ1) is 20.7. The average molecular weight is 569 g/mol. The number of nitriles is 2. The van der Waals surface area contributed by atoms with Crippen LogP contribution in [0.25, 0.3) is 73.7 Å². The second-order valence-electron chi connectivity index (χ2n) is 10.3. The Labute approximate surface area is 250 Å². The van der Waals surface area contributed by atoms with E-state index in [0.29, 0.717) is 11.1 Å². The summed E-state index contributed by atoms with van der Waals surface area (Å²) in [5.41, 5.74) is 7.02. The second-order valence-corrected chi connectivity index (χ2v) is 12.5. The van der Waals surface area contributed by atoms with Crippen molar-refractivity contribution in [1.29, 1.82) is 10.5 Å². The van der Waals surface area contributed by atoms with Gasteiger partial charge in [0.2, 0.25) is 0 Å². The molecule has 0 amide bonds. The number of fused-ring (bicyclic) bond motifs is 6. The second kappa shape index (κ2) is 9.68. The standard InChI is InChI=1S/C38H20N2S2/c39-21-23-7-5-8-24(17-23)26-19-30(25-15-16-36-32(18-25)27-9-1-3-12-34(27)41-36)33(22-40)31(20-26)28-11-6-14-37-38(28)29-10-2-4-13-35(29)42-37/h1-20H. The molecule has 0 atom stereocenters. The van der Waals surface area contributed by atoms with Gasteiger partial charge in [-0.25, -0.2) is 0 Å². The van der Waals surface area contributed by atoms with E-state index in [-0.39, 0.29) is 0 Å². The maximum atomic E-state index is 10.8. The molecule has 194 valence electrons. The Morgan fingerprint density at radius 2 is 1.12 bits per heavy atom. The van der Waals surface area contributed by atoms with Crippen LogP contribution in [0.5, 0.6) is 0 Å². The lowest BCUT2D eigenvalue weighted by Crippen LogP contribution is -1.93. The van der Waals surface area contributed by atoms with Gasteiger partial charge >= 0.3 is 0 Å². The molecule has 4 heteroatoms. The smallest absolute Gasteiger partial charge is 0.100 e. The Balaban J connectivity index is 1.47. The molecular weight excluding hydrogens is 549 g/mol. The van der Waals surface area contributed by atoms with E-state index >= 15 is 0 Å². The van der Waals surface area contributed by atoms with Crippen LogP contribution in [0.4, 0.5) is 0 Å². The van der Waals surface area contributed by atoms with Crippen LogP contribution in [0.3, 0.4) is 0 Å². The van der Waals surface area contributed by atoms with Gasteiger partial charge in [0.25, 0.3) is 0 Å². The van der Waals surface area contributed by atoms with Crippen molar-refractivity contribution < 1.29 is 0 Å². The van der Waals surface area contributed by atoms with Crippen LogP contribution in [0.15, 0.2) is 121 Å². The first kappa shape index (κ1) is 24.5. The topological polar surface area (TPSA) is 47.6 Å². The van der Waals surface area contributed by atoms with E-state index in [9.17, 15) is 10.5 Å². The van der Waals surface area contributed by atoms with E-state index in [1.807, 2.05) is 24.3 Å². The average Bonchev–Trinajstić information content (AvgIpc) is 3.62. The van der Waals surface area contributed by atoms with Crippen molar-refractivity contribution in [2.45, 2.75) is 0 Å². The fraction of sp³-hybridized carbons (Fsp3) is 0. The van der Waals surface area contributed by atoms with Crippen LogP contribution in [0.2, 0.25) is 0 Å². The summed E-state index contributed by atoms with van der Waals surface area (Å²) in [5.74, 6) is 0. The van der Waals surface area contributed by atoms with Crippen molar-refractivity contribution >= 4 is 63.0 Å². The highest BCUT2D eigenvalue weighted by Crippen LogP contribution is 2.45. The highest BCUT2D eigenvalue weighted by Gasteiger charge is 2.19. The minimum absolute atomic E-state index is 0.608. The van der Waals surface area contributed by atoms with Gasteiger partial charge < -0.3 is 0 Å². The number of benzene rings is 6. The number of thiophene rings is 2. The molecule has 0 aliphatic heterocycles. The lowest BCUT2D eigenvalue weighted by molar-refractivity contribution is 1.47. The Morgan fingerprint density at radius 3 is 1.95 bits per heavy atom. The first-order valence-electron chi connectivity index (χ1n) is 13.6. The number of hydrogen-bond donors (Lipinski definition) is 0. The van der Waals surface area contributed by atoms with Gasteiger partial charge in [-0.2, -0.15) is 10.5 Å². The molecule has 0 unspecified atom stereocenters. The molecule has 2 nitrogen and oxygen atoms in total. The molecule has 8 aromatic rings. The third kappa shape index (κ3) is 3.82. The number of nitrogens with zero attached hydrogens (tertiary/aromatic N) is 2. The minimum atomic E-state index is 0.608. The van der Waals surface area contributed by atoms with Gasteiger partial charge in [-0.15, -0.1) is 22.7 Å². The van der Waals surface area contributed by atoms with E-state index < -0.39 is 0 Å².